The number of carbonyl (C=O) groups is 2. The van der Waals surface area contributed by atoms with Crippen molar-refractivity contribution in [2.75, 3.05) is 17.2 Å². The summed E-state index contributed by atoms with van der Waals surface area (Å²) >= 11 is 0. The van der Waals surface area contributed by atoms with E-state index in [4.69, 9.17) is 4.74 Å². The molecule has 0 saturated heterocycles. The zero-order valence-corrected chi connectivity index (χ0v) is 15.4. The maximum atomic E-state index is 13.7. The molecular formula is C21H17F2N3O3. The quantitative estimate of drug-likeness (QED) is 0.598. The Bertz CT molecular complexity index is 1020. The molecule has 2 N–H and O–H groups in total. The molecule has 8 heteroatoms. The average Bonchev–Trinajstić information content (AvgIpc) is 2.72. The van der Waals surface area contributed by atoms with Gasteiger partial charge in [-0.2, -0.15) is 0 Å². The fourth-order valence-corrected chi connectivity index (χ4v) is 2.52. The molecule has 0 unspecified atom stereocenters. The van der Waals surface area contributed by atoms with E-state index in [9.17, 15) is 18.4 Å². The van der Waals surface area contributed by atoms with Crippen molar-refractivity contribution in [1.29, 1.82) is 0 Å². The largest absolute Gasteiger partial charge is 0.462 e. The van der Waals surface area contributed by atoms with Crippen LogP contribution in [0.5, 0.6) is 0 Å². The number of hydrogen-bond donors (Lipinski definition) is 2. The molecule has 2 aromatic carbocycles. The van der Waals surface area contributed by atoms with Gasteiger partial charge < -0.3 is 15.4 Å². The normalized spacial score (nSPS) is 10.3. The van der Waals surface area contributed by atoms with Crippen molar-refractivity contribution in [3.8, 4) is 0 Å². The molecule has 1 heterocycles. The third-order valence-corrected chi connectivity index (χ3v) is 3.91. The number of ether oxygens (including phenoxy) is 1. The van der Waals surface area contributed by atoms with Gasteiger partial charge in [0.25, 0.3) is 5.91 Å². The maximum absolute atomic E-state index is 13.7. The van der Waals surface area contributed by atoms with Crippen LogP contribution in [0.25, 0.3) is 0 Å². The molecule has 0 atom stereocenters. The fourth-order valence-electron chi connectivity index (χ4n) is 2.52. The summed E-state index contributed by atoms with van der Waals surface area (Å²) in [4.78, 5) is 28.4. The van der Waals surface area contributed by atoms with Gasteiger partial charge in [-0.3, -0.25) is 4.79 Å². The van der Waals surface area contributed by atoms with Crippen LogP contribution in [0.2, 0.25) is 0 Å². The molecule has 3 aromatic rings. The van der Waals surface area contributed by atoms with E-state index < -0.39 is 29.2 Å². The van der Waals surface area contributed by atoms with Gasteiger partial charge in [0, 0.05) is 6.20 Å². The van der Waals surface area contributed by atoms with Crippen LogP contribution in [0.15, 0.2) is 60.8 Å². The van der Waals surface area contributed by atoms with Gasteiger partial charge in [-0.25, -0.2) is 18.6 Å². The molecule has 148 valence electrons. The summed E-state index contributed by atoms with van der Waals surface area (Å²) in [6.45, 7) is 1.96. The summed E-state index contributed by atoms with van der Waals surface area (Å²) in [7, 11) is 0. The number of hydrogen-bond acceptors (Lipinski definition) is 5. The van der Waals surface area contributed by atoms with E-state index in [1.807, 2.05) is 0 Å². The van der Waals surface area contributed by atoms with Crippen LogP contribution < -0.4 is 10.6 Å². The van der Waals surface area contributed by atoms with Crippen LogP contribution in [0.1, 0.15) is 27.6 Å². The summed E-state index contributed by atoms with van der Waals surface area (Å²) in [5, 5.41) is 5.17. The minimum atomic E-state index is -0.875. The van der Waals surface area contributed by atoms with Crippen molar-refractivity contribution in [2.45, 2.75) is 6.92 Å². The smallest absolute Gasteiger partial charge is 0.340 e. The van der Waals surface area contributed by atoms with E-state index in [-0.39, 0.29) is 12.2 Å². The lowest BCUT2D eigenvalue weighted by Crippen LogP contribution is -2.14. The lowest BCUT2D eigenvalue weighted by molar-refractivity contribution is 0.0527. The molecule has 1 aromatic heterocycles. The monoisotopic (exact) mass is 397 g/mol. The summed E-state index contributed by atoms with van der Waals surface area (Å²) in [6.07, 6.45) is 1.25. The highest BCUT2D eigenvalue weighted by molar-refractivity contribution is 6.04. The Balaban J connectivity index is 1.74. The number of pyridine rings is 1. The van der Waals surface area contributed by atoms with Crippen LogP contribution in [0.3, 0.4) is 0 Å². The SMILES string of the molecule is CCOC(=O)c1ccccc1Nc1ccc(C(=O)Nc2c(F)cccc2F)cn1. The van der Waals surface area contributed by atoms with E-state index in [2.05, 4.69) is 15.6 Å². The number of nitrogens with zero attached hydrogens (tertiary/aromatic N) is 1. The molecule has 0 bridgehead atoms. The first-order chi connectivity index (χ1) is 14.0. The highest BCUT2D eigenvalue weighted by atomic mass is 19.1. The van der Waals surface area contributed by atoms with E-state index in [1.54, 1.807) is 31.2 Å². The topological polar surface area (TPSA) is 80.3 Å². The Kier molecular flexibility index (Phi) is 6.13. The Morgan fingerprint density at radius 1 is 1.00 bits per heavy atom. The van der Waals surface area contributed by atoms with Crippen molar-refractivity contribution in [3.05, 3.63) is 83.6 Å². The third-order valence-electron chi connectivity index (χ3n) is 3.91. The Morgan fingerprint density at radius 3 is 2.38 bits per heavy atom. The first-order valence-electron chi connectivity index (χ1n) is 8.74. The summed E-state index contributed by atoms with van der Waals surface area (Å²) in [6, 6.07) is 13.0. The van der Waals surface area contributed by atoms with Crippen LogP contribution in [-0.4, -0.2) is 23.5 Å². The number of anilines is 3. The number of carbonyl (C=O) groups excluding carboxylic acids is 2. The van der Waals surface area contributed by atoms with Crippen molar-refractivity contribution < 1.29 is 23.1 Å². The molecule has 0 aliphatic rings. The van der Waals surface area contributed by atoms with Gasteiger partial charge in [0.15, 0.2) is 0 Å². The second-order valence-electron chi connectivity index (χ2n) is 5.87. The van der Waals surface area contributed by atoms with Crippen molar-refractivity contribution in [1.82, 2.24) is 4.98 Å². The second kappa shape index (κ2) is 8.92. The average molecular weight is 397 g/mol. The van der Waals surface area contributed by atoms with Gasteiger partial charge in [-0.05, 0) is 43.3 Å². The zero-order chi connectivity index (χ0) is 20.8. The summed E-state index contributed by atoms with van der Waals surface area (Å²) in [5.41, 5.74) is 0.414. The second-order valence-corrected chi connectivity index (χ2v) is 5.87. The molecule has 0 spiro atoms. The Hall–Kier alpha value is -3.81. The lowest BCUT2D eigenvalue weighted by Gasteiger charge is -2.11. The first kappa shape index (κ1) is 19.9. The summed E-state index contributed by atoms with van der Waals surface area (Å²) < 4.78 is 32.4. The van der Waals surface area contributed by atoms with Gasteiger partial charge >= 0.3 is 5.97 Å². The van der Waals surface area contributed by atoms with Crippen molar-refractivity contribution >= 4 is 29.1 Å². The van der Waals surface area contributed by atoms with Gasteiger partial charge in [0.2, 0.25) is 0 Å². The number of aromatic nitrogens is 1. The number of rotatable bonds is 6. The Labute approximate surface area is 165 Å². The van der Waals surface area contributed by atoms with Crippen molar-refractivity contribution in [2.24, 2.45) is 0 Å². The van der Waals surface area contributed by atoms with Gasteiger partial charge in [0.05, 0.1) is 23.4 Å². The number of nitrogens with one attached hydrogen (secondary N) is 2. The molecule has 3 rings (SSSR count). The van der Waals surface area contributed by atoms with Crippen LogP contribution in [-0.2, 0) is 4.74 Å². The highest BCUT2D eigenvalue weighted by Gasteiger charge is 2.15. The van der Waals surface area contributed by atoms with E-state index in [0.717, 1.165) is 12.1 Å². The van der Waals surface area contributed by atoms with Crippen molar-refractivity contribution in [3.63, 3.8) is 0 Å². The highest BCUT2D eigenvalue weighted by Crippen LogP contribution is 2.22. The van der Waals surface area contributed by atoms with E-state index in [1.165, 1.54) is 24.4 Å². The minimum Gasteiger partial charge on any atom is -0.462 e. The predicted molar refractivity (Wildman–Crippen MR) is 104 cm³/mol. The Morgan fingerprint density at radius 2 is 1.72 bits per heavy atom. The molecule has 0 fully saturated rings. The first-order valence-corrected chi connectivity index (χ1v) is 8.74. The molecule has 0 radical (unpaired) electrons. The molecular weight excluding hydrogens is 380 g/mol. The van der Waals surface area contributed by atoms with Gasteiger partial charge in [-0.1, -0.05) is 18.2 Å². The van der Waals surface area contributed by atoms with E-state index >= 15 is 0 Å². The minimum absolute atomic E-state index is 0.108. The lowest BCUT2D eigenvalue weighted by atomic mass is 10.1. The molecule has 6 nitrogen and oxygen atoms in total. The number of para-hydroxylation sites is 2. The van der Waals surface area contributed by atoms with E-state index in [0.29, 0.717) is 17.1 Å². The van der Waals surface area contributed by atoms with Gasteiger partial charge in [0.1, 0.15) is 23.1 Å². The zero-order valence-electron chi connectivity index (χ0n) is 15.4. The fraction of sp³-hybridized carbons (Fsp3) is 0.0952. The predicted octanol–water partition coefficient (Wildman–Crippen LogP) is 4.53. The molecule has 0 aliphatic carbocycles. The number of benzene rings is 2. The van der Waals surface area contributed by atoms with Gasteiger partial charge in [-0.15, -0.1) is 0 Å². The number of amides is 1. The molecule has 0 saturated carbocycles. The van der Waals surface area contributed by atoms with Crippen LogP contribution >= 0.6 is 0 Å². The summed E-state index contributed by atoms with van der Waals surface area (Å²) in [5.74, 6) is -2.56. The molecule has 1 amide bonds. The molecule has 29 heavy (non-hydrogen) atoms. The molecule has 0 aliphatic heterocycles. The number of esters is 1. The number of halogens is 2. The van der Waals surface area contributed by atoms with Crippen LogP contribution in [0, 0.1) is 11.6 Å². The van der Waals surface area contributed by atoms with Crippen LogP contribution in [0.4, 0.5) is 26.0 Å². The maximum Gasteiger partial charge on any atom is 0.340 e. The standard InChI is InChI=1S/C21H17F2N3O3/c1-2-29-21(28)14-6-3-4-9-17(14)25-18-11-10-13(12-24-18)20(27)26-19-15(22)7-5-8-16(19)23/h3-12H,2H2,1H3,(H,24,25)(H,26,27). The third kappa shape index (κ3) is 4.73.